The van der Waals surface area contributed by atoms with E-state index < -0.39 is 0 Å². The van der Waals surface area contributed by atoms with Gasteiger partial charge in [0.05, 0.1) is 11.4 Å². The van der Waals surface area contributed by atoms with E-state index in [4.69, 9.17) is 4.98 Å². The predicted molar refractivity (Wildman–Crippen MR) is 153 cm³/mol. The maximum Gasteiger partial charge on any atom is 0.220 e. The van der Waals surface area contributed by atoms with Crippen LogP contribution in [0.3, 0.4) is 0 Å². The van der Waals surface area contributed by atoms with Crippen LogP contribution in [0.15, 0.2) is 126 Å². The van der Waals surface area contributed by atoms with Gasteiger partial charge in [-0.15, -0.1) is 0 Å². The number of nitrogens with one attached hydrogen (secondary N) is 1. The summed E-state index contributed by atoms with van der Waals surface area (Å²) >= 11 is 1.69. The average Bonchev–Trinajstić information content (AvgIpc) is 3.35. The van der Waals surface area contributed by atoms with Crippen LogP contribution in [-0.4, -0.2) is 21.2 Å². The summed E-state index contributed by atoms with van der Waals surface area (Å²) in [7, 11) is 0. The molecular weight excluding hydrogens is 474 g/mol. The molecule has 184 valence electrons. The molecule has 1 amide bonds. The fourth-order valence-electron chi connectivity index (χ4n) is 4.25. The molecule has 0 atom stereocenters. The van der Waals surface area contributed by atoms with Gasteiger partial charge in [0.2, 0.25) is 5.91 Å². The second-order valence-electron chi connectivity index (χ2n) is 8.71. The Labute approximate surface area is 222 Å². The zero-order valence-corrected chi connectivity index (χ0v) is 21.4. The van der Waals surface area contributed by atoms with Crippen molar-refractivity contribution >= 4 is 17.7 Å². The molecule has 1 aromatic heterocycles. The number of amides is 1. The topological polar surface area (TPSA) is 46.9 Å². The molecule has 5 aromatic rings. The Morgan fingerprint density at radius 2 is 1.30 bits per heavy atom. The van der Waals surface area contributed by atoms with Gasteiger partial charge >= 0.3 is 0 Å². The Balaban J connectivity index is 1.38. The monoisotopic (exact) mass is 503 g/mol. The van der Waals surface area contributed by atoms with Crippen molar-refractivity contribution in [3.63, 3.8) is 0 Å². The van der Waals surface area contributed by atoms with Crippen molar-refractivity contribution in [2.75, 3.05) is 5.75 Å². The minimum Gasteiger partial charge on any atom is -0.352 e. The Morgan fingerprint density at radius 1 is 0.730 bits per heavy atom. The van der Waals surface area contributed by atoms with Gasteiger partial charge in [-0.3, -0.25) is 9.36 Å². The van der Waals surface area contributed by atoms with Crippen LogP contribution in [0.2, 0.25) is 0 Å². The van der Waals surface area contributed by atoms with Crippen LogP contribution in [0.25, 0.3) is 28.2 Å². The lowest BCUT2D eigenvalue weighted by Gasteiger charge is -2.13. The zero-order chi connectivity index (χ0) is 25.3. The molecular formula is C32H29N3OS. The van der Waals surface area contributed by atoms with Crippen molar-refractivity contribution in [1.82, 2.24) is 14.9 Å². The molecule has 0 aliphatic heterocycles. The highest BCUT2D eigenvalue weighted by Crippen LogP contribution is 2.38. The lowest BCUT2D eigenvalue weighted by atomic mass is 10.0. The van der Waals surface area contributed by atoms with Crippen molar-refractivity contribution in [2.45, 2.75) is 24.5 Å². The number of imidazole rings is 1. The molecule has 0 spiro atoms. The molecule has 4 aromatic carbocycles. The number of para-hydroxylation sites is 1. The normalized spacial score (nSPS) is 10.8. The summed E-state index contributed by atoms with van der Waals surface area (Å²) in [6.07, 6.45) is 1.26. The number of hydrogen-bond acceptors (Lipinski definition) is 3. The third-order valence-electron chi connectivity index (χ3n) is 6.07. The fourth-order valence-corrected chi connectivity index (χ4v) is 5.21. The van der Waals surface area contributed by atoms with Gasteiger partial charge < -0.3 is 5.32 Å². The van der Waals surface area contributed by atoms with Gasteiger partial charge in [0.1, 0.15) is 0 Å². The second kappa shape index (κ2) is 12.2. The molecule has 0 aliphatic rings. The molecule has 0 saturated carbocycles. The number of carbonyl (C=O) groups is 1. The summed E-state index contributed by atoms with van der Waals surface area (Å²) < 4.78 is 2.25. The standard InChI is InChI=1S/C32H29N3OS/c36-29(33-24-25-14-5-1-6-15-25)22-13-23-37-32-34-30(26-16-7-2-8-17-26)31(27-18-9-3-10-19-27)35(32)28-20-11-4-12-21-28/h1-12,14-21H,13,22-24H2,(H,33,36). The molecule has 0 bridgehead atoms. The molecule has 0 fully saturated rings. The molecule has 1 N–H and O–H groups in total. The first-order valence-electron chi connectivity index (χ1n) is 12.5. The van der Waals surface area contributed by atoms with Gasteiger partial charge in [0.25, 0.3) is 0 Å². The summed E-state index contributed by atoms with van der Waals surface area (Å²) in [5.74, 6) is 0.872. The highest BCUT2D eigenvalue weighted by atomic mass is 32.2. The number of hydrogen-bond donors (Lipinski definition) is 1. The zero-order valence-electron chi connectivity index (χ0n) is 20.6. The van der Waals surface area contributed by atoms with Crippen LogP contribution in [-0.2, 0) is 11.3 Å². The highest BCUT2D eigenvalue weighted by molar-refractivity contribution is 7.99. The molecule has 5 rings (SSSR count). The van der Waals surface area contributed by atoms with Crippen LogP contribution in [0, 0.1) is 0 Å². The van der Waals surface area contributed by atoms with E-state index >= 15 is 0 Å². The number of benzene rings is 4. The van der Waals surface area contributed by atoms with Gasteiger partial charge in [-0.05, 0) is 24.1 Å². The average molecular weight is 504 g/mol. The van der Waals surface area contributed by atoms with Gasteiger partial charge in [0, 0.05) is 35.5 Å². The summed E-state index contributed by atoms with van der Waals surface area (Å²) in [4.78, 5) is 17.6. The minimum absolute atomic E-state index is 0.0748. The summed E-state index contributed by atoms with van der Waals surface area (Å²) in [6.45, 7) is 0.562. The molecule has 1 heterocycles. The summed E-state index contributed by atoms with van der Waals surface area (Å²) in [6, 6.07) is 41.1. The molecule has 0 radical (unpaired) electrons. The molecule has 0 saturated heterocycles. The number of nitrogens with zero attached hydrogens (tertiary/aromatic N) is 2. The van der Waals surface area contributed by atoms with Crippen molar-refractivity contribution in [3.8, 4) is 28.2 Å². The van der Waals surface area contributed by atoms with E-state index in [1.165, 1.54) is 0 Å². The fraction of sp³-hybridized carbons (Fsp3) is 0.125. The van der Waals surface area contributed by atoms with E-state index in [0.717, 1.165) is 51.1 Å². The Hall–Kier alpha value is -4.09. The van der Waals surface area contributed by atoms with E-state index in [2.05, 4.69) is 70.5 Å². The smallest absolute Gasteiger partial charge is 0.220 e. The van der Waals surface area contributed by atoms with Crippen molar-refractivity contribution in [3.05, 3.63) is 127 Å². The van der Waals surface area contributed by atoms with Crippen molar-refractivity contribution in [1.29, 1.82) is 0 Å². The van der Waals surface area contributed by atoms with Crippen molar-refractivity contribution < 1.29 is 4.79 Å². The van der Waals surface area contributed by atoms with Crippen LogP contribution in [0.4, 0.5) is 0 Å². The number of rotatable bonds is 10. The third-order valence-corrected chi connectivity index (χ3v) is 7.09. The first-order valence-corrected chi connectivity index (χ1v) is 13.5. The van der Waals surface area contributed by atoms with Crippen LogP contribution < -0.4 is 5.32 Å². The second-order valence-corrected chi connectivity index (χ2v) is 9.77. The third kappa shape index (κ3) is 6.19. The Morgan fingerprint density at radius 3 is 1.95 bits per heavy atom. The van der Waals surface area contributed by atoms with Crippen LogP contribution in [0.1, 0.15) is 18.4 Å². The van der Waals surface area contributed by atoms with Gasteiger partial charge in [-0.2, -0.15) is 0 Å². The number of carbonyl (C=O) groups excluding carboxylic acids is 1. The number of aromatic nitrogens is 2. The molecule has 0 aliphatic carbocycles. The predicted octanol–water partition coefficient (Wildman–Crippen LogP) is 7.40. The minimum atomic E-state index is 0.0748. The SMILES string of the molecule is O=C(CCCSc1nc(-c2ccccc2)c(-c2ccccc2)n1-c1ccccc1)NCc1ccccc1. The van der Waals surface area contributed by atoms with E-state index in [-0.39, 0.29) is 5.91 Å². The van der Waals surface area contributed by atoms with E-state index in [1.54, 1.807) is 11.8 Å². The summed E-state index contributed by atoms with van der Waals surface area (Å²) in [5.41, 5.74) is 6.40. The largest absolute Gasteiger partial charge is 0.352 e. The Kier molecular flexibility index (Phi) is 8.14. The highest BCUT2D eigenvalue weighted by Gasteiger charge is 2.21. The van der Waals surface area contributed by atoms with E-state index in [1.807, 2.05) is 60.7 Å². The molecule has 0 unspecified atom stereocenters. The van der Waals surface area contributed by atoms with Gasteiger partial charge in [0.15, 0.2) is 5.16 Å². The molecule has 5 heteroatoms. The van der Waals surface area contributed by atoms with Gasteiger partial charge in [-0.25, -0.2) is 4.98 Å². The lowest BCUT2D eigenvalue weighted by molar-refractivity contribution is -0.121. The lowest BCUT2D eigenvalue weighted by Crippen LogP contribution is -2.22. The van der Waals surface area contributed by atoms with E-state index in [9.17, 15) is 4.79 Å². The first-order chi connectivity index (χ1) is 18.3. The number of thioether (sulfide) groups is 1. The molecule has 37 heavy (non-hydrogen) atoms. The Bertz CT molecular complexity index is 1420. The van der Waals surface area contributed by atoms with E-state index in [0.29, 0.717) is 13.0 Å². The maximum absolute atomic E-state index is 12.4. The van der Waals surface area contributed by atoms with Crippen LogP contribution >= 0.6 is 11.8 Å². The maximum atomic E-state index is 12.4. The first kappa shape index (κ1) is 24.6. The molecule has 4 nitrogen and oxygen atoms in total. The van der Waals surface area contributed by atoms with Gasteiger partial charge in [-0.1, -0.05) is 121 Å². The van der Waals surface area contributed by atoms with Crippen molar-refractivity contribution in [2.24, 2.45) is 0 Å². The quantitative estimate of drug-likeness (QED) is 0.160. The van der Waals surface area contributed by atoms with Crippen LogP contribution in [0.5, 0.6) is 0 Å². The summed E-state index contributed by atoms with van der Waals surface area (Å²) in [5, 5.41) is 3.95.